The Morgan fingerprint density at radius 3 is 3.25 bits per heavy atom. The highest BCUT2D eigenvalue weighted by Gasteiger charge is 2.22. The van der Waals surface area contributed by atoms with Crippen molar-refractivity contribution in [2.45, 2.75) is 25.8 Å². The van der Waals surface area contributed by atoms with Crippen molar-refractivity contribution >= 4 is 28.4 Å². The van der Waals surface area contributed by atoms with Crippen LogP contribution in [-0.4, -0.2) is 11.1 Å². The minimum atomic E-state index is 0.391. The minimum absolute atomic E-state index is 0.391. The van der Waals surface area contributed by atoms with E-state index in [4.69, 9.17) is 11.6 Å². The van der Waals surface area contributed by atoms with Crippen molar-refractivity contribution in [3.05, 3.63) is 22.1 Å². The maximum absolute atomic E-state index is 5.93. The Labute approximate surface area is 81.6 Å². The van der Waals surface area contributed by atoms with Gasteiger partial charge in [0.2, 0.25) is 0 Å². The molecule has 1 atom stereocenters. The summed E-state index contributed by atoms with van der Waals surface area (Å²) in [5.41, 5.74) is 0. The summed E-state index contributed by atoms with van der Waals surface area (Å²) in [5, 5.41) is 2.13. The maximum Gasteiger partial charge on any atom is 0.0824 e. The van der Waals surface area contributed by atoms with Gasteiger partial charge in [-0.15, -0.1) is 0 Å². The lowest BCUT2D eigenvalue weighted by molar-refractivity contribution is 0.735. The molecule has 64 valence electrons. The number of nitrogens with zero attached hydrogens (tertiary/aromatic N) is 1. The van der Waals surface area contributed by atoms with E-state index in [1.807, 2.05) is 6.08 Å². The van der Waals surface area contributed by atoms with E-state index in [0.717, 1.165) is 17.9 Å². The number of allylic oxidation sites excluding steroid dienone is 3. The van der Waals surface area contributed by atoms with Crippen LogP contribution in [0, 0.1) is 0 Å². The van der Waals surface area contributed by atoms with Crippen molar-refractivity contribution in [3.63, 3.8) is 0 Å². The monoisotopic (exact) mass is 199 g/mol. The standard InChI is InChI=1S/C9H10ClNS/c1-6-11-8-4-2-7(10)3-5-9(8)12-6/h3,5,8H,2,4H2,1H3. The molecule has 0 fully saturated rings. The summed E-state index contributed by atoms with van der Waals surface area (Å²) in [4.78, 5) is 5.87. The summed E-state index contributed by atoms with van der Waals surface area (Å²) in [6, 6.07) is 0.391. The van der Waals surface area contributed by atoms with Gasteiger partial charge in [0.05, 0.1) is 11.1 Å². The summed E-state index contributed by atoms with van der Waals surface area (Å²) in [7, 11) is 0. The second kappa shape index (κ2) is 3.27. The summed E-state index contributed by atoms with van der Waals surface area (Å²) in [5.74, 6) is 0. The minimum Gasteiger partial charge on any atom is -0.274 e. The van der Waals surface area contributed by atoms with E-state index >= 15 is 0 Å². The number of hydrogen-bond donors (Lipinski definition) is 0. The van der Waals surface area contributed by atoms with Crippen molar-refractivity contribution < 1.29 is 0 Å². The zero-order valence-electron chi connectivity index (χ0n) is 6.88. The Morgan fingerprint density at radius 2 is 2.42 bits per heavy atom. The third-order valence-electron chi connectivity index (χ3n) is 2.02. The first-order valence-electron chi connectivity index (χ1n) is 4.04. The number of thioether (sulfide) groups is 1. The molecule has 1 aliphatic heterocycles. The van der Waals surface area contributed by atoms with Gasteiger partial charge in [0.1, 0.15) is 0 Å². The quantitative estimate of drug-likeness (QED) is 0.583. The third-order valence-corrected chi connectivity index (χ3v) is 3.38. The van der Waals surface area contributed by atoms with Gasteiger partial charge in [0.25, 0.3) is 0 Å². The van der Waals surface area contributed by atoms with Crippen LogP contribution in [0.1, 0.15) is 19.8 Å². The van der Waals surface area contributed by atoms with Crippen molar-refractivity contribution in [2.75, 3.05) is 0 Å². The Bertz CT molecular complexity index is 291. The first-order valence-corrected chi connectivity index (χ1v) is 5.23. The average Bonchev–Trinajstić information content (AvgIpc) is 2.31. The first kappa shape index (κ1) is 8.39. The Kier molecular flexibility index (Phi) is 2.28. The summed E-state index contributed by atoms with van der Waals surface area (Å²) in [6.45, 7) is 2.06. The van der Waals surface area contributed by atoms with E-state index < -0.39 is 0 Å². The fourth-order valence-corrected chi connectivity index (χ4v) is 2.57. The molecule has 0 aromatic carbocycles. The van der Waals surface area contributed by atoms with E-state index in [1.165, 1.54) is 9.95 Å². The molecular formula is C9H10ClNS. The van der Waals surface area contributed by atoms with Gasteiger partial charge in [-0.05, 0) is 31.9 Å². The lowest BCUT2D eigenvalue weighted by Gasteiger charge is -2.04. The van der Waals surface area contributed by atoms with E-state index in [2.05, 4.69) is 18.0 Å². The normalized spacial score (nSPS) is 28.5. The number of aliphatic imine (C=N–C) groups is 1. The SMILES string of the molecule is CC1=NC2CCC(Cl)=CC=C2S1. The Morgan fingerprint density at radius 1 is 1.58 bits per heavy atom. The number of fused-ring (bicyclic) bond motifs is 1. The number of halogens is 1. The van der Waals surface area contributed by atoms with Gasteiger partial charge in [-0.2, -0.15) is 0 Å². The lowest BCUT2D eigenvalue weighted by atomic mass is 10.2. The van der Waals surface area contributed by atoms with Crippen LogP contribution in [0.5, 0.6) is 0 Å². The van der Waals surface area contributed by atoms with Crippen LogP contribution >= 0.6 is 23.4 Å². The molecule has 0 saturated carbocycles. The third kappa shape index (κ3) is 1.59. The molecule has 2 aliphatic rings. The zero-order valence-corrected chi connectivity index (χ0v) is 8.45. The summed E-state index contributed by atoms with van der Waals surface area (Å²) >= 11 is 7.70. The second-order valence-electron chi connectivity index (χ2n) is 2.99. The van der Waals surface area contributed by atoms with Crippen molar-refractivity contribution in [3.8, 4) is 0 Å². The lowest BCUT2D eigenvalue weighted by Crippen LogP contribution is -1.99. The fourth-order valence-electron chi connectivity index (χ4n) is 1.43. The molecule has 1 nitrogen and oxygen atoms in total. The highest BCUT2D eigenvalue weighted by atomic mass is 35.5. The van der Waals surface area contributed by atoms with Gasteiger partial charge in [-0.3, -0.25) is 4.99 Å². The van der Waals surface area contributed by atoms with Crippen molar-refractivity contribution in [2.24, 2.45) is 4.99 Å². The van der Waals surface area contributed by atoms with Crippen LogP contribution in [-0.2, 0) is 0 Å². The van der Waals surface area contributed by atoms with Crippen LogP contribution < -0.4 is 0 Å². The van der Waals surface area contributed by atoms with Crippen LogP contribution in [0.15, 0.2) is 27.1 Å². The van der Waals surface area contributed by atoms with Gasteiger partial charge < -0.3 is 0 Å². The fraction of sp³-hybridized carbons (Fsp3) is 0.444. The topological polar surface area (TPSA) is 12.4 Å². The first-order chi connectivity index (χ1) is 5.75. The van der Waals surface area contributed by atoms with E-state index in [-0.39, 0.29) is 0 Å². The van der Waals surface area contributed by atoms with Crippen molar-refractivity contribution in [1.82, 2.24) is 0 Å². The van der Waals surface area contributed by atoms with Gasteiger partial charge in [0.15, 0.2) is 0 Å². The Hall–Kier alpha value is -0.210. The Balaban J connectivity index is 2.23. The van der Waals surface area contributed by atoms with E-state index in [1.54, 1.807) is 11.8 Å². The highest BCUT2D eigenvalue weighted by Crippen LogP contribution is 2.36. The molecule has 12 heavy (non-hydrogen) atoms. The molecule has 1 unspecified atom stereocenters. The molecule has 0 radical (unpaired) electrons. The smallest absolute Gasteiger partial charge is 0.0824 e. The van der Waals surface area contributed by atoms with Crippen LogP contribution in [0.2, 0.25) is 0 Å². The molecule has 0 amide bonds. The van der Waals surface area contributed by atoms with Crippen LogP contribution in [0.4, 0.5) is 0 Å². The molecule has 1 heterocycles. The molecular weight excluding hydrogens is 190 g/mol. The summed E-state index contributed by atoms with van der Waals surface area (Å²) in [6.07, 6.45) is 6.12. The van der Waals surface area contributed by atoms with Crippen LogP contribution in [0.3, 0.4) is 0 Å². The predicted octanol–water partition coefficient (Wildman–Crippen LogP) is 3.32. The van der Waals surface area contributed by atoms with Gasteiger partial charge in [-0.1, -0.05) is 23.4 Å². The molecule has 0 aromatic rings. The molecule has 2 rings (SSSR count). The molecule has 1 aliphatic carbocycles. The highest BCUT2D eigenvalue weighted by molar-refractivity contribution is 8.17. The summed E-state index contributed by atoms with van der Waals surface area (Å²) < 4.78 is 0. The molecule has 0 aromatic heterocycles. The maximum atomic E-state index is 5.93. The second-order valence-corrected chi connectivity index (χ2v) is 4.74. The largest absolute Gasteiger partial charge is 0.274 e. The zero-order chi connectivity index (χ0) is 8.55. The molecule has 0 saturated heterocycles. The molecule has 3 heteroatoms. The number of hydrogen-bond acceptors (Lipinski definition) is 2. The van der Waals surface area contributed by atoms with Crippen molar-refractivity contribution in [1.29, 1.82) is 0 Å². The van der Waals surface area contributed by atoms with E-state index in [0.29, 0.717) is 6.04 Å². The average molecular weight is 200 g/mol. The number of rotatable bonds is 0. The predicted molar refractivity (Wildman–Crippen MR) is 55.7 cm³/mol. The van der Waals surface area contributed by atoms with Crippen LogP contribution in [0.25, 0.3) is 0 Å². The molecule has 0 spiro atoms. The van der Waals surface area contributed by atoms with E-state index in [9.17, 15) is 0 Å². The van der Waals surface area contributed by atoms with Gasteiger partial charge in [0, 0.05) is 9.94 Å². The molecule has 0 bridgehead atoms. The molecule has 0 N–H and O–H groups in total. The van der Waals surface area contributed by atoms with Gasteiger partial charge >= 0.3 is 0 Å². The van der Waals surface area contributed by atoms with Gasteiger partial charge in [-0.25, -0.2) is 0 Å².